The van der Waals surface area contributed by atoms with Gasteiger partial charge in [0.1, 0.15) is 0 Å². The van der Waals surface area contributed by atoms with E-state index >= 15 is 0 Å². The third-order valence-electron chi connectivity index (χ3n) is 3.97. The molecule has 1 fully saturated rings. The first-order valence-electron chi connectivity index (χ1n) is 8.33. The second-order valence-electron chi connectivity index (χ2n) is 6.59. The summed E-state index contributed by atoms with van der Waals surface area (Å²) in [5.74, 6) is 0.879. The van der Waals surface area contributed by atoms with Crippen LogP contribution in [0, 0.1) is 12.8 Å². The van der Waals surface area contributed by atoms with Crippen molar-refractivity contribution in [3.8, 4) is 0 Å². The van der Waals surface area contributed by atoms with Gasteiger partial charge in [-0.05, 0) is 18.9 Å². The Bertz CT molecular complexity index is 714. The molecule has 0 aromatic carbocycles. The van der Waals surface area contributed by atoms with E-state index in [4.69, 9.17) is 4.74 Å². The number of nitrogens with zero attached hydrogens (tertiary/aromatic N) is 5. The van der Waals surface area contributed by atoms with Gasteiger partial charge in [-0.3, -0.25) is 9.69 Å². The minimum Gasteiger partial charge on any atom is -0.374 e. The molecule has 3 rings (SSSR count). The van der Waals surface area contributed by atoms with Crippen LogP contribution in [0.3, 0.4) is 0 Å². The van der Waals surface area contributed by atoms with E-state index in [1.807, 2.05) is 13.0 Å². The summed E-state index contributed by atoms with van der Waals surface area (Å²) < 4.78 is 7.31. The van der Waals surface area contributed by atoms with Crippen molar-refractivity contribution in [2.24, 2.45) is 5.92 Å². The highest BCUT2D eigenvalue weighted by molar-refractivity contribution is 5.90. The topological polar surface area (TPSA) is 84.7 Å². The van der Waals surface area contributed by atoms with Crippen LogP contribution in [0.1, 0.15) is 30.2 Å². The molecule has 0 spiro atoms. The van der Waals surface area contributed by atoms with Gasteiger partial charge in [0.05, 0.1) is 12.7 Å². The van der Waals surface area contributed by atoms with E-state index in [9.17, 15) is 4.79 Å². The fourth-order valence-electron chi connectivity index (χ4n) is 2.87. The molecule has 130 valence electrons. The maximum Gasteiger partial charge on any atom is 0.291 e. The normalized spacial score (nSPS) is 19.1. The van der Waals surface area contributed by atoms with Crippen LogP contribution in [-0.4, -0.2) is 69.3 Å². The lowest BCUT2D eigenvalue weighted by Gasteiger charge is -2.33. The molecule has 1 saturated heterocycles. The molecular formula is C16H24N6O2. The number of ether oxygens (including phenoxy) is 1. The number of rotatable bonds is 5. The van der Waals surface area contributed by atoms with Crippen molar-refractivity contribution in [2.45, 2.75) is 26.9 Å². The van der Waals surface area contributed by atoms with Crippen molar-refractivity contribution in [2.75, 3.05) is 32.8 Å². The van der Waals surface area contributed by atoms with Gasteiger partial charge in [0.15, 0.2) is 0 Å². The molecule has 1 aliphatic heterocycles. The summed E-state index contributed by atoms with van der Waals surface area (Å²) in [6, 6.07) is 1.82. The summed E-state index contributed by atoms with van der Waals surface area (Å²) >= 11 is 0. The number of morpholine rings is 1. The largest absolute Gasteiger partial charge is 0.374 e. The maximum atomic E-state index is 12.3. The van der Waals surface area contributed by atoms with Crippen molar-refractivity contribution in [1.82, 2.24) is 29.8 Å². The monoisotopic (exact) mass is 332 g/mol. The SMILES string of the molecule is Cc1ccnc2nc(C(=O)NCC3CN(CC(C)C)CCO3)nn12. The molecule has 1 unspecified atom stereocenters. The lowest BCUT2D eigenvalue weighted by Crippen LogP contribution is -2.48. The average Bonchev–Trinajstić information content (AvgIpc) is 2.98. The van der Waals surface area contributed by atoms with Gasteiger partial charge in [-0.1, -0.05) is 13.8 Å². The Morgan fingerprint density at radius 1 is 1.50 bits per heavy atom. The Kier molecular flexibility index (Phi) is 5.06. The molecule has 3 heterocycles. The molecule has 0 aliphatic carbocycles. The molecule has 1 aliphatic rings. The average molecular weight is 332 g/mol. The summed E-state index contributed by atoms with van der Waals surface area (Å²) in [7, 11) is 0. The molecule has 0 saturated carbocycles. The van der Waals surface area contributed by atoms with Crippen LogP contribution in [0.25, 0.3) is 5.78 Å². The number of carbonyl (C=O) groups is 1. The number of aromatic nitrogens is 4. The molecule has 2 aromatic rings. The third-order valence-corrected chi connectivity index (χ3v) is 3.97. The fraction of sp³-hybridized carbons (Fsp3) is 0.625. The zero-order chi connectivity index (χ0) is 17.1. The molecular weight excluding hydrogens is 308 g/mol. The van der Waals surface area contributed by atoms with Gasteiger partial charge in [-0.15, -0.1) is 5.10 Å². The van der Waals surface area contributed by atoms with Crippen LogP contribution in [0.15, 0.2) is 12.3 Å². The molecule has 2 aromatic heterocycles. The standard InChI is InChI=1S/C16H24N6O2/c1-11(2)9-21-6-7-24-13(10-21)8-18-15(23)14-19-16-17-5-4-12(3)22(16)20-14/h4-5,11,13H,6-10H2,1-3H3,(H,18,23). The summed E-state index contributed by atoms with van der Waals surface area (Å²) in [6.45, 7) is 10.3. The highest BCUT2D eigenvalue weighted by Gasteiger charge is 2.22. The third kappa shape index (κ3) is 3.88. The molecule has 1 atom stereocenters. The van der Waals surface area contributed by atoms with Crippen LogP contribution in [0.4, 0.5) is 0 Å². The summed E-state index contributed by atoms with van der Waals surface area (Å²) in [6.07, 6.45) is 1.65. The van der Waals surface area contributed by atoms with Gasteiger partial charge >= 0.3 is 0 Å². The molecule has 0 radical (unpaired) electrons. The number of fused-ring (bicyclic) bond motifs is 1. The van der Waals surface area contributed by atoms with E-state index in [0.717, 1.165) is 25.3 Å². The first kappa shape index (κ1) is 16.8. The zero-order valence-electron chi connectivity index (χ0n) is 14.4. The molecule has 1 N–H and O–H groups in total. The van der Waals surface area contributed by atoms with E-state index in [0.29, 0.717) is 24.8 Å². The van der Waals surface area contributed by atoms with Crippen LogP contribution in [0.2, 0.25) is 0 Å². The molecule has 24 heavy (non-hydrogen) atoms. The van der Waals surface area contributed by atoms with Gasteiger partial charge in [-0.25, -0.2) is 9.50 Å². The first-order valence-corrected chi connectivity index (χ1v) is 8.33. The number of amides is 1. The Labute approximate surface area is 141 Å². The quantitative estimate of drug-likeness (QED) is 0.859. The van der Waals surface area contributed by atoms with Crippen molar-refractivity contribution >= 4 is 11.7 Å². The summed E-state index contributed by atoms with van der Waals surface area (Å²) in [4.78, 5) is 22.9. The lowest BCUT2D eigenvalue weighted by atomic mass is 10.2. The minimum atomic E-state index is -0.301. The number of hydrogen-bond acceptors (Lipinski definition) is 6. The van der Waals surface area contributed by atoms with Crippen molar-refractivity contribution in [3.63, 3.8) is 0 Å². The first-order chi connectivity index (χ1) is 11.5. The number of carbonyl (C=O) groups excluding carboxylic acids is 1. The second-order valence-corrected chi connectivity index (χ2v) is 6.59. The Hall–Kier alpha value is -2.06. The van der Waals surface area contributed by atoms with Crippen molar-refractivity contribution in [1.29, 1.82) is 0 Å². The molecule has 8 nitrogen and oxygen atoms in total. The van der Waals surface area contributed by atoms with Crippen molar-refractivity contribution in [3.05, 3.63) is 23.8 Å². The van der Waals surface area contributed by atoms with E-state index in [-0.39, 0.29) is 17.8 Å². The van der Waals surface area contributed by atoms with E-state index in [1.54, 1.807) is 10.7 Å². The highest BCUT2D eigenvalue weighted by Crippen LogP contribution is 2.08. The van der Waals surface area contributed by atoms with Gasteiger partial charge in [0.2, 0.25) is 5.82 Å². The zero-order valence-corrected chi connectivity index (χ0v) is 14.4. The van der Waals surface area contributed by atoms with E-state index in [1.165, 1.54) is 0 Å². The number of nitrogens with one attached hydrogen (secondary N) is 1. The van der Waals surface area contributed by atoms with Crippen LogP contribution >= 0.6 is 0 Å². The smallest absolute Gasteiger partial charge is 0.291 e. The van der Waals surface area contributed by atoms with Crippen LogP contribution in [-0.2, 0) is 4.74 Å². The van der Waals surface area contributed by atoms with Crippen molar-refractivity contribution < 1.29 is 9.53 Å². The minimum absolute atomic E-state index is 0.00153. The maximum absolute atomic E-state index is 12.3. The Morgan fingerprint density at radius 2 is 2.33 bits per heavy atom. The van der Waals surface area contributed by atoms with Gasteiger partial charge in [-0.2, -0.15) is 4.98 Å². The van der Waals surface area contributed by atoms with Gasteiger partial charge < -0.3 is 10.1 Å². The summed E-state index contributed by atoms with van der Waals surface area (Å²) in [5, 5.41) is 7.08. The van der Waals surface area contributed by atoms with E-state index < -0.39 is 0 Å². The second kappa shape index (κ2) is 7.23. The lowest BCUT2D eigenvalue weighted by molar-refractivity contribution is -0.0296. The Morgan fingerprint density at radius 3 is 3.08 bits per heavy atom. The van der Waals surface area contributed by atoms with Crippen LogP contribution < -0.4 is 5.32 Å². The molecule has 1 amide bonds. The Balaban J connectivity index is 1.57. The fourth-order valence-corrected chi connectivity index (χ4v) is 2.87. The van der Waals surface area contributed by atoms with Crippen LogP contribution in [0.5, 0.6) is 0 Å². The molecule has 0 bridgehead atoms. The predicted octanol–water partition coefficient (Wildman–Crippen LogP) is 0.519. The molecule has 8 heteroatoms. The summed E-state index contributed by atoms with van der Waals surface area (Å²) in [5.41, 5.74) is 0.881. The highest BCUT2D eigenvalue weighted by atomic mass is 16.5. The van der Waals surface area contributed by atoms with Gasteiger partial charge in [0.25, 0.3) is 11.7 Å². The van der Waals surface area contributed by atoms with E-state index in [2.05, 4.69) is 39.1 Å². The number of aryl methyl sites for hydroxylation is 1. The predicted molar refractivity (Wildman–Crippen MR) is 88.9 cm³/mol. The van der Waals surface area contributed by atoms with Gasteiger partial charge in [0, 0.05) is 38.1 Å². The number of hydrogen-bond donors (Lipinski definition) is 1.